The number of aromatic nitrogens is 1. The summed E-state index contributed by atoms with van der Waals surface area (Å²) in [4.78, 5) is 29.3. The maximum atomic E-state index is 12.4. The van der Waals surface area contributed by atoms with Gasteiger partial charge in [0, 0.05) is 25.8 Å². The number of H-pyrrole nitrogens is 1. The highest BCUT2D eigenvalue weighted by atomic mass is 16.5. The number of piperidine rings is 1. The zero-order chi connectivity index (χ0) is 19.1. The molecular weight excluding hydrogens is 346 g/mol. The Hall–Kier alpha value is -2.96. The third-order valence-electron chi connectivity index (χ3n) is 4.65. The van der Waals surface area contributed by atoms with E-state index in [4.69, 9.17) is 9.47 Å². The maximum Gasteiger partial charge on any atom is 0.270 e. The summed E-state index contributed by atoms with van der Waals surface area (Å²) in [7, 11) is 1.56. The number of benzene rings is 1. The number of nitrogens with one attached hydrogen (secondary N) is 2. The van der Waals surface area contributed by atoms with E-state index in [-0.39, 0.29) is 24.3 Å². The van der Waals surface area contributed by atoms with Gasteiger partial charge in [0.1, 0.15) is 5.69 Å². The van der Waals surface area contributed by atoms with Crippen LogP contribution in [0, 0.1) is 5.92 Å². The molecule has 7 heteroatoms. The number of nitrogens with zero attached hydrogens (tertiary/aromatic N) is 1. The second-order valence-electron chi connectivity index (χ2n) is 6.59. The Bertz CT molecular complexity index is 760. The van der Waals surface area contributed by atoms with Crippen LogP contribution < -0.4 is 14.8 Å². The summed E-state index contributed by atoms with van der Waals surface area (Å²) in [6.45, 7) is 1.85. The number of aromatic amines is 1. The number of likely N-dealkylation sites (tertiary alicyclic amines) is 1. The van der Waals surface area contributed by atoms with Crippen LogP contribution in [0.5, 0.6) is 11.5 Å². The molecule has 1 atom stereocenters. The summed E-state index contributed by atoms with van der Waals surface area (Å²) >= 11 is 0. The van der Waals surface area contributed by atoms with Gasteiger partial charge in [0.2, 0.25) is 0 Å². The molecule has 0 spiro atoms. The monoisotopic (exact) mass is 371 g/mol. The number of carbonyl (C=O) groups is 2. The van der Waals surface area contributed by atoms with E-state index in [1.807, 2.05) is 23.1 Å². The Morgan fingerprint density at radius 2 is 2.04 bits per heavy atom. The lowest BCUT2D eigenvalue weighted by Crippen LogP contribution is -2.44. The number of rotatable bonds is 7. The average molecular weight is 371 g/mol. The summed E-state index contributed by atoms with van der Waals surface area (Å²) < 4.78 is 10.7. The second-order valence-corrected chi connectivity index (χ2v) is 6.59. The largest absolute Gasteiger partial charge is 0.493 e. The van der Waals surface area contributed by atoms with Crippen molar-refractivity contribution in [2.24, 2.45) is 5.92 Å². The van der Waals surface area contributed by atoms with Crippen molar-refractivity contribution in [3.63, 3.8) is 0 Å². The van der Waals surface area contributed by atoms with Gasteiger partial charge >= 0.3 is 0 Å². The minimum Gasteiger partial charge on any atom is -0.493 e. The van der Waals surface area contributed by atoms with Crippen LogP contribution in [0.3, 0.4) is 0 Å². The number of methoxy groups -OCH3 is 1. The van der Waals surface area contributed by atoms with Gasteiger partial charge in [0.25, 0.3) is 11.8 Å². The van der Waals surface area contributed by atoms with E-state index < -0.39 is 0 Å². The lowest BCUT2D eigenvalue weighted by Gasteiger charge is -2.32. The molecule has 3 rings (SSSR count). The molecule has 27 heavy (non-hydrogen) atoms. The van der Waals surface area contributed by atoms with Gasteiger partial charge < -0.3 is 24.7 Å². The van der Waals surface area contributed by atoms with Crippen LogP contribution in [0.4, 0.5) is 0 Å². The van der Waals surface area contributed by atoms with Crippen molar-refractivity contribution < 1.29 is 19.1 Å². The van der Waals surface area contributed by atoms with Crippen LogP contribution in [0.1, 0.15) is 23.3 Å². The SMILES string of the molecule is COc1ccccc1OCC(=O)NCC1CCCN(C(=O)c2ccc[nH]2)C1. The first-order chi connectivity index (χ1) is 13.2. The molecule has 144 valence electrons. The molecule has 1 aromatic heterocycles. The van der Waals surface area contributed by atoms with E-state index in [0.717, 1.165) is 19.4 Å². The lowest BCUT2D eigenvalue weighted by atomic mass is 9.97. The molecule has 0 bridgehead atoms. The molecule has 1 fully saturated rings. The second kappa shape index (κ2) is 9.12. The quantitative estimate of drug-likeness (QED) is 0.780. The molecule has 1 unspecified atom stereocenters. The van der Waals surface area contributed by atoms with Gasteiger partial charge in [-0.3, -0.25) is 9.59 Å². The van der Waals surface area contributed by atoms with E-state index in [9.17, 15) is 9.59 Å². The van der Waals surface area contributed by atoms with E-state index >= 15 is 0 Å². The summed E-state index contributed by atoms with van der Waals surface area (Å²) in [5, 5.41) is 2.90. The van der Waals surface area contributed by atoms with Crippen molar-refractivity contribution in [2.45, 2.75) is 12.8 Å². The van der Waals surface area contributed by atoms with Gasteiger partial charge in [0.05, 0.1) is 7.11 Å². The Balaban J connectivity index is 1.44. The van der Waals surface area contributed by atoms with Crippen molar-refractivity contribution in [1.82, 2.24) is 15.2 Å². The van der Waals surface area contributed by atoms with E-state index in [1.165, 1.54) is 0 Å². The number of hydrogen-bond acceptors (Lipinski definition) is 4. The van der Waals surface area contributed by atoms with Crippen LogP contribution in [0.15, 0.2) is 42.6 Å². The van der Waals surface area contributed by atoms with Crippen molar-refractivity contribution >= 4 is 11.8 Å². The van der Waals surface area contributed by atoms with Crippen LogP contribution in [0.2, 0.25) is 0 Å². The molecule has 2 heterocycles. The number of ether oxygens (including phenoxy) is 2. The summed E-state index contributed by atoms with van der Waals surface area (Å²) in [6.07, 6.45) is 3.67. The lowest BCUT2D eigenvalue weighted by molar-refractivity contribution is -0.123. The topological polar surface area (TPSA) is 83.7 Å². The highest BCUT2D eigenvalue weighted by Crippen LogP contribution is 2.25. The molecule has 2 aromatic rings. The van der Waals surface area contributed by atoms with Gasteiger partial charge in [-0.25, -0.2) is 0 Å². The van der Waals surface area contributed by atoms with Crippen molar-refractivity contribution in [3.8, 4) is 11.5 Å². The molecule has 1 saturated heterocycles. The first-order valence-electron chi connectivity index (χ1n) is 9.12. The Morgan fingerprint density at radius 3 is 2.78 bits per heavy atom. The van der Waals surface area contributed by atoms with Gasteiger partial charge in [-0.15, -0.1) is 0 Å². The van der Waals surface area contributed by atoms with Gasteiger partial charge in [-0.2, -0.15) is 0 Å². The Labute approximate surface area is 158 Å². The molecule has 1 aliphatic rings. The van der Waals surface area contributed by atoms with E-state index in [0.29, 0.717) is 30.3 Å². The van der Waals surface area contributed by atoms with E-state index in [1.54, 1.807) is 31.5 Å². The van der Waals surface area contributed by atoms with Gasteiger partial charge in [0.15, 0.2) is 18.1 Å². The third-order valence-corrected chi connectivity index (χ3v) is 4.65. The van der Waals surface area contributed by atoms with E-state index in [2.05, 4.69) is 10.3 Å². The molecular formula is C20H25N3O4. The standard InChI is InChI=1S/C20H25N3O4/c1-26-17-8-2-3-9-18(17)27-14-19(24)22-12-15-6-5-11-23(13-15)20(25)16-7-4-10-21-16/h2-4,7-10,15,21H,5-6,11-14H2,1H3,(H,22,24). The fraction of sp³-hybridized carbons (Fsp3) is 0.400. The van der Waals surface area contributed by atoms with Crippen molar-refractivity contribution in [3.05, 3.63) is 48.3 Å². The van der Waals surface area contributed by atoms with Crippen molar-refractivity contribution in [2.75, 3.05) is 33.4 Å². The zero-order valence-corrected chi connectivity index (χ0v) is 15.4. The summed E-state index contributed by atoms with van der Waals surface area (Å²) in [6, 6.07) is 10.8. The maximum absolute atomic E-state index is 12.4. The minimum absolute atomic E-state index is 0.00975. The van der Waals surface area contributed by atoms with Gasteiger partial charge in [-0.1, -0.05) is 12.1 Å². The highest BCUT2D eigenvalue weighted by Gasteiger charge is 2.25. The van der Waals surface area contributed by atoms with Crippen LogP contribution >= 0.6 is 0 Å². The first kappa shape index (κ1) is 18.8. The summed E-state index contributed by atoms with van der Waals surface area (Å²) in [5.74, 6) is 1.20. The molecule has 0 radical (unpaired) electrons. The van der Waals surface area contributed by atoms with Gasteiger partial charge in [-0.05, 0) is 43.0 Å². The zero-order valence-electron chi connectivity index (χ0n) is 15.4. The molecule has 7 nitrogen and oxygen atoms in total. The first-order valence-corrected chi connectivity index (χ1v) is 9.12. The number of carbonyl (C=O) groups excluding carboxylic acids is 2. The molecule has 0 saturated carbocycles. The predicted molar refractivity (Wildman–Crippen MR) is 101 cm³/mol. The number of hydrogen-bond donors (Lipinski definition) is 2. The predicted octanol–water partition coefficient (Wildman–Crippen LogP) is 2.07. The van der Waals surface area contributed by atoms with Crippen LogP contribution in [0.25, 0.3) is 0 Å². The molecule has 1 aliphatic heterocycles. The average Bonchev–Trinajstić information content (AvgIpc) is 3.25. The van der Waals surface area contributed by atoms with Crippen LogP contribution in [-0.4, -0.2) is 55.0 Å². The smallest absolute Gasteiger partial charge is 0.270 e. The summed E-state index contributed by atoms with van der Waals surface area (Å²) in [5.41, 5.74) is 0.602. The Kier molecular flexibility index (Phi) is 6.35. The number of amides is 2. The normalized spacial score (nSPS) is 16.6. The minimum atomic E-state index is -0.186. The third kappa shape index (κ3) is 5.03. The molecule has 2 N–H and O–H groups in total. The fourth-order valence-corrected chi connectivity index (χ4v) is 3.24. The highest BCUT2D eigenvalue weighted by molar-refractivity contribution is 5.92. The molecule has 0 aliphatic carbocycles. The molecule has 2 amide bonds. The van der Waals surface area contributed by atoms with Crippen molar-refractivity contribution in [1.29, 1.82) is 0 Å². The fourth-order valence-electron chi connectivity index (χ4n) is 3.24. The van der Waals surface area contributed by atoms with Crippen LogP contribution in [-0.2, 0) is 4.79 Å². The number of para-hydroxylation sites is 2. The Morgan fingerprint density at radius 1 is 1.22 bits per heavy atom. The molecule has 1 aromatic carbocycles.